The molecule has 2 rings (SSSR count). The van der Waals surface area contributed by atoms with Gasteiger partial charge in [0.2, 0.25) is 21.8 Å². The molecule has 0 aromatic heterocycles. The van der Waals surface area contributed by atoms with Gasteiger partial charge in [-0.3, -0.25) is 13.9 Å². The van der Waals surface area contributed by atoms with Crippen LogP contribution in [0.2, 0.25) is 5.02 Å². The predicted molar refractivity (Wildman–Crippen MR) is 142 cm³/mol. The first-order valence-electron chi connectivity index (χ1n) is 11.7. The second-order valence-corrected chi connectivity index (χ2v) is 11.6. The van der Waals surface area contributed by atoms with Gasteiger partial charge in [-0.15, -0.1) is 0 Å². The minimum atomic E-state index is -3.77. The molecule has 2 aromatic rings. The van der Waals surface area contributed by atoms with E-state index in [-0.39, 0.29) is 18.4 Å². The number of sulfonamides is 1. The number of anilines is 1. The topological polar surface area (TPSA) is 86.8 Å². The molecule has 0 saturated carbocycles. The number of carbonyl (C=O) groups is 2. The van der Waals surface area contributed by atoms with Gasteiger partial charge < -0.3 is 10.2 Å². The van der Waals surface area contributed by atoms with Crippen molar-refractivity contribution < 1.29 is 18.0 Å². The molecule has 2 aromatic carbocycles. The van der Waals surface area contributed by atoms with Gasteiger partial charge in [-0.1, -0.05) is 56.6 Å². The average molecular weight is 522 g/mol. The van der Waals surface area contributed by atoms with Gasteiger partial charge in [0.25, 0.3) is 0 Å². The van der Waals surface area contributed by atoms with Crippen molar-refractivity contribution in [3.8, 4) is 0 Å². The molecule has 0 saturated heterocycles. The van der Waals surface area contributed by atoms with Gasteiger partial charge in [0.1, 0.15) is 12.6 Å². The number of benzene rings is 2. The molecule has 1 atom stereocenters. The lowest BCUT2D eigenvalue weighted by atomic mass is 10.1. The molecule has 2 amide bonds. The highest BCUT2D eigenvalue weighted by molar-refractivity contribution is 7.92. The highest BCUT2D eigenvalue weighted by Gasteiger charge is 2.32. The van der Waals surface area contributed by atoms with E-state index < -0.39 is 28.5 Å². The van der Waals surface area contributed by atoms with E-state index in [1.54, 1.807) is 37.3 Å². The van der Waals surface area contributed by atoms with Crippen molar-refractivity contribution in [1.82, 2.24) is 10.2 Å². The van der Waals surface area contributed by atoms with Crippen LogP contribution < -0.4 is 9.62 Å². The summed E-state index contributed by atoms with van der Waals surface area (Å²) in [6.07, 6.45) is 1.46. The molecular weight excluding hydrogens is 486 g/mol. The summed E-state index contributed by atoms with van der Waals surface area (Å²) in [4.78, 5) is 28.2. The molecule has 0 aliphatic heterocycles. The van der Waals surface area contributed by atoms with Crippen LogP contribution in [0.1, 0.15) is 43.9 Å². The van der Waals surface area contributed by atoms with Gasteiger partial charge in [-0.05, 0) is 61.1 Å². The van der Waals surface area contributed by atoms with E-state index in [0.29, 0.717) is 23.7 Å². The Morgan fingerprint density at radius 2 is 1.69 bits per heavy atom. The standard InChI is InChI=1S/C26H36ClN3O4S/c1-7-23(26(32)28-15-18(2)3)29(16-21-10-12-22(27)13-11-21)25(31)17-30(35(6,33)34)24-14-19(4)8-9-20(24)5/h8-14,18,23H,7,15-17H2,1-6H3,(H,28,32)/t23-/m0/s1. The van der Waals surface area contributed by atoms with Crippen LogP contribution in [0.15, 0.2) is 42.5 Å². The summed E-state index contributed by atoms with van der Waals surface area (Å²) < 4.78 is 26.6. The molecule has 7 nitrogen and oxygen atoms in total. The molecule has 0 radical (unpaired) electrons. The molecule has 0 aliphatic rings. The fraction of sp³-hybridized carbons (Fsp3) is 0.462. The first kappa shape index (κ1) is 28.7. The fourth-order valence-electron chi connectivity index (χ4n) is 3.71. The van der Waals surface area contributed by atoms with Crippen LogP contribution in [0.4, 0.5) is 5.69 Å². The Kier molecular flexibility index (Phi) is 10.2. The number of amides is 2. The number of rotatable bonds is 11. The first-order chi connectivity index (χ1) is 16.3. The lowest BCUT2D eigenvalue weighted by Gasteiger charge is -2.33. The van der Waals surface area contributed by atoms with Gasteiger partial charge in [0, 0.05) is 18.1 Å². The molecule has 0 spiro atoms. The summed E-state index contributed by atoms with van der Waals surface area (Å²) in [5.74, 6) is -0.471. The van der Waals surface area contributed by atoms with Gasteiger partial charge >= 0.3 is 0 Å². The molecule has 1 N–H and O–H groups in total. The second-order valence-electron chi connectivity index (χ2n) is 9.27. The quantitative estimate of drug-likeness (QED) is 0.477. The minimum Gasteiger partial charge on any atom is -0.354 e. The maximum Gasteiger partial charge on any atom is 0.244 e. The van der Waals surface area contributed by atoms with E-state index in [4.69, 9.17) is 11.6 Å². The number of nitrogens with one attached hydrogen (secondary N) is 1. The fourth-order valence-corrected chi connectivity index (χ4v) is 4.74. The molecule has 192 valence electrons. The van der Waals surface area contributed by atoms with Crippen molar-refractivity contribution in [1.29, 1.82) is 0 Å². The van der Waals surface area contributed by atoms with Gasteiger partial charge in [-0.2, -0.15) is 0 Å². The molecule has 0 unspecified atom stereocenters. The Morgan fingerprint density at radius 3 is 2.23 bits per heavy atom. The van der Waals surface area contributed by atoms with Crippen molar-refractivity contribution >= 4 is 39.1 Å². The molecule has 0 fully saturated rings. The summed E-state index contributed by atoms with van der Waals surface area (Å²) in [6.45, 7) is 9.70. The number of nitrogens with zero attached hydrogens (tertiary/aromatic N) is 2. The molecule has 0 aliphatic carbocycles. The molecule has 0 bridgehead atoms. The van der Waals surface area contributed by atoms with E-state index >= 15 is 0 Å². The largest absolute Gasteiger partial charge is 0.354 e. The van der Waals surface area contributed by atoms with Crippen molar-refractivity contribution in [2.45, 2.75) is 53.6 Å². The third-order valence-corrected chi connectivity index (χ3v) is 7.03. The zero-order chi connectivity index (χ0) is 26.3. The zero-order valence-corrected chi connectivity index (χ0v) is 22.9. The number of aryl methyl sites for hydroxylation is 2. The van der Waals surface area contributed by atoms with E-state index in [1.807, 2.05) is 39.8 Å². The van der Waals surface area contributed by atoms with Crippen LogP contribution in [0.3, 0.4) is 0 Å². The number of halogens is 1. The van der Waals surface area contributed by atoms with Crippen LogP contribution in [0.5, 0.6) is 0 Å². The Balaban J connectivity index is 2.45. The first-order valence-corrected chi connectivity index (χ1v) is 13.9. The maximum absolute atomic E-state index is 13.7. The third kappa shape index (κ3) is 8.25. The van der Waals surface area contributed by atoms with Crippen molar-refractivity contribution in [3.05, 3.63) is 64.2 Å². The highest BCUT2D eigenvalue weighted by Crippen LogP contribution is 2.25. The smallest absolute Gasteiger partial charge is 0.244 e. The van der Waals surface area contributed by atoms with Gasteiger partial charge in [0.05, 0.1) is 11.9 Å². The molecule has 0 heterocycles. The SMILES string of the molecule is CC[C@@H](C(=O)NCC(C)C)N(Cc1ccc(Cl)cc1)C(=O)CN(c1cc(C)ccc1C)S(C)(=O)=O. The summed E-state index contributed by atoms with van der Waals surface area (Å²) in [5.41, 5.74) is 2.85. The Hall–Kier alpha value is -2.58. The van der Waals surface area contributed by atoms with Crippen molar-refractivity contribution in [2.75, 3.05) is 23.7 Å². The predicted octanol–water partition coefficient (Wildman–Crippen LogP) is 4.30. The van der Waals surface area contributed by atoms with Gasteiger partial charge in [-0.25, -0.2) is 8.42 Å². The second kappa shape index (κ2) is 12.4. The lowest BCUT2D eigenvalue weighted by Crippen LogP contribution is -2.52. The van der Waals surface area contributed by atoms with E-state index in [9.17, 15) is 18.0 Å². The molecule has 35 heavy (non-hydrogen) atoms. The zero-order valence-electron chi connectivity index (χ0n) is 21.3. The van der Waals surface area contributed by atoms with Crippen molar-refractivity contribution in [2.24, 2.45) is 5.92 Å². The van der Waals surface area contributed by atoms with Gasteiger partial charge in [0.15, 0.2) is 0 Å². The summed E-state index contributed by atoms with van der Waals surface area (Å²) in [5, 5.41) is 3.47. The maximum atomic E-state index is 13.7. The summed E-state index contributed by atoms with van der Waals surface area (Å²) in [6, 6.07) is 11.7. The normalized spacial score (nSPS) is 12.3. The average Bonchev–Trinajstić information content (AvgIpc) is 2.78. The summed E-state index contributed by atoms with van der Waals surface area (Å²) in [7, 11) is -3.77. The van der Waals surface area contributed by atoms with Crippen LogP contribution in [-0.4, -0.2) is 50.5 Å². The van der Waals surface area contributed by atoms with E-state index in [0.717, 1.165) is 27.3 Å². The lowest BCUT2D eigenvalue weighted by molar-refractivity contribution is -0.140. The van der Waals surface area contributed by atoms with E-state index in [1.165, 1.54) is 4.90 Å². The third-order valence-electron chi connectivity index (χ3n) is 5.65. The number of carbonyl (C=O) groups excluding carboxylic acids is 2. The minimum absolute atomic E-state index is 0.147. The van der Waals surface area contributed by atoms with E-state index in [2.05, 4.69) is 5.32 Å². The summed E-state index contributed by atoms with van der Waals surface area (Å²) >= 11 is 6.02. The van der Waals surface area contributed by atoms with Crippen LogP contribution in [-0.2, 0) is 26.2 Å². The van der Waals surface area contributed by atoms with Crippen LogP contribution >= 0.6 is 11.6 Å². The van der Waals surface area contributed by atoms with Crippen molar-refractivity contribution in [3.63, 3.8) is 0 Å². The Labute approximate surface area is 214 Å². The molecule has 9 heteroatoms. The monoisotopic (exact) mass is 521 g/mol. The highest BCUT2D eigenvalue weighted by atomic mass is 35.5. The Bertz CT molecular complexity index is 1130. The van der Waals surface area contributed by atoms with Crippen LogP contribution in [0, 0.1) is 19.8 Å². The number of hydrogen-bond donors (Lipinski definition) is 1. The Morgan fingerprint density at radius 1 is 1.06 bits per heavy atom. The number of hydrogen-bond acceptors (Lipinski definition) is 4. The van der Waals surface area contributed by atoms with Crippen LogP contribution in [0.25, 0.3) is 0 Å². The molecular formula is C26H36ClN3O4S.